The molecule has 5 aliphatic rings. The van der Waals surface area contributed by atoms with Crippen molar-refractivity contribution in [3.8, 4) is 0 Å². The minimum atomic E-state index is -0.109. The molecular formula is C30H52O. The van der Waals surface area contributed by atoms with Gasteiger partial charge in [0.05, 0.1) is 6.10 Å². The number of aliphatic hydroxyl groups excluding tert-OH is 1. The van der Waals surface area contributed by atoms with E-state index in [1.165, 1.54) is 57.8 Å². The molecular weight excluding hydrogens is 376 g/mol. The summed E-state index contributed by atoms with van der Waals surface area (Å²) in [5, 5.41) is 10.9. The lowest BCUT2D eigenvalue weighted by Crippen LogP contribution is -2.66. The van der Waals surface area contributed by atoms with Crippen molar-refractivity contribution in [1.29, 1.82) is 0 Å². The van der Waals surface area contributed by atoms with Crippen molar-refractivity contribution in [3.63, 3.8) is 0 Å². The largest absolute Gasteiger partial charge is 0.393 e. The van der Waals surface area contributed by atoms with Gasteiger partial charge in [0.25, 0.3) is 0 Å². The number of hydrogen-bond acceptors (Lipinski definition) is 1. The van der Waals surface area contributed by atoms with E-state index in [1.807, 2.05) is 0 Å². The normalized spacial score (nSPS) is 58.3. The van der Waals surface area contributed by atoms with E-state index >= 15 is 0 Å². The van der Waals surface area contributed by atoms with Crippen molar-refractivity contribution in [3.05, 3.63) is 0 Å². The molecule has 0 aliphatic heterocycles. The lowest BCUT2D eigenvalue weighted by Gasteiger charge is -2.73. The zero-order valence-corrected chi connectivity index (χ0v) is 22.1. The van der Waals surface area contributed by atoms with Crippen LogP contribution in [0.25, 0.3) is 0 Å². The van der Waals surface area contributed by atoms with E-state index in [4.69, 9.17) is 0 Å². The van der Waals surface area contributed by atoms with Gasteiger partial charge in [-0.3, -0.25) is 0 Å². The molecule has 0 aromatic rings. The Balaban J connectivity index is 1.54. The Morgan fingerprint density at radius 3 is 2.06 bits per heavy atom. The summed E-state index contributed by atoms with van der Waals surface area (Å²) < 4.78 is 0. The van der Waals surface area contributed by atoms with Gasteiger partial charge in [-0.2, -0.15) is 0 Å². The van der Waals surface area contributed by atoms with Gasteiger partial charge in [-0.15, -0.1) is 0 Å². The van der Waals surface area contributed by atoms with E-state index in [1.54, 1.807) is 0 Å². The van der Waals surface area contributed by atoms with Crippen LogP contribution in [0, 0.1) is 62.6 Å². The third kappa shape index (κ3) is 2.71. The summed E-state index contributed by atoms with van der Waals surface area (Å²) >= 11 is 0. The first kappa shape index (κ1) is 22.7. The maximum Gasteiger partial charge on any atom is 0.0594 e. The first-order chi connectivity index (χ1) is 14.3. The fourth-order valence-corrected chi connectivity index (χ4v) is 11.7. The van der Waals surface area contributed by atoms with Gasteiger partial charge < -0.3 is 5.11 Å². The quantitative estimate of drug-likeness (QED) is 0.447. The van der Waals surface area contributed by atoms with Crippen LogP contribution in [0.5, 0.6) is 0 Å². The highest BCUT2D eigenvalue weighted by molar-refractivity contribution is 5.19. The Bertz CT molecular complexity index is 724. The number of rotatable bonds is 1. The lowest BCUT2D eigenvalue weighted by molar-refractivity contribution is -0.248. The third-order valence-electron chi connectivity index (χ3n) is 13.7. The molecule has 1 N–H and O–H groups in total. The van der Waals surface area contributed by atoms with Crippen LogP contribution in [-0.4, -0.2) is 11.2 Å². The summed E-state index contributed by atoms with van der Waals surface area (Å²) in [5.74, 6) is 5.21. The molecule has 0 unspecified atom stereocenters. The summed E-state index contributed by atoms with van der Waals surface area (Å²) in [7, 11) is 0. The molecule has 0 spiro atoms. The van der Waals surface area contributed by atoms with Crippen molar-refractivity contribution in [2.24, 2.45) is 62.6 Å². The van der Waals surface area contributed by atoms with E-state index in [0.717, 1.165) is 36.0 Å². The fourth-order valence-electron chi connectivity index (χ4n) is 11.7. The molecule has 0 aromatic heterocycles. The molecule has 10 atom stereocenters. The van der Waals surface area contributed by atoms with Crippen molar-refractivity contribution in [1.82, 2.24) is 0 Å². The smallest absolute Gasteiger partial charge is 0.0594 e. The van der Waals surface area contributed by atoms with Crippen LogP contribution in [-0.2, 0) is 0 Å². The second-order valence-corrected chi connectivity index (χ2v) is 15.2. The van der Waals surface area contributed by atoms with Crippen LogP contribution in [0.1, 0.15) is 120 Å². The predicted octanol–water partition coefficient (Wildman–Crippen LogP) is 8.10. The van der Waals surface area contributed by atoms with Crippen LogP contribution in [0.3, 0.4) is 0 Å². The molecule has 178 valence electrons. The predicted molar refractivity (Wildman–Crippen MR) is 131 cm³/mol. The van der Waals surface area contributed by atoms with Crippen LogP contribution in [0.15, 0.2) is 0 Å². The first-order valence-electron chi connectivity index (χ1n) is 14.0. The highest BCUT2D eigenvalue weighted by Gasteiger charge is 2.70. The van der Waals surface area contributed by atoms with E-state index < -0.39 is 0 Å². The van der Waals surface area contributed by atoms with Crippen molar-refractivity contribution >= 4 is 0 Å². The Morgan fingerprint density at radius 2 is 1.39 bits per heavy atom. The lowest BCUT2D eigenvalue weighted by atomic mass is 9.32. The zero-order valence-electron chi connectivity index (χ0n) is 22.1. The Morgan fingerprint density at radius 1 is 0.677 bits per heavy atom. The summed E-state index contributed by atoms with van der Waals surface area (Å²) in [5.41, 5.74) is 2.08. The second kappa shape index (κ2) is 6.76. The minimum absolute atomic E-state index is 0.0748. The topological polar surface area (TPSA) is 20.2 Å². The molecule has 1 nitrogen and oxygen atoms in total. The van der Waals surface area contributed by atoms with Crippen molar-refractivity contribution < 1.29 is 5.11 Å². The van der Waals surface area contributed by atoms with Gasteiger partial charge in [0, 0.05) is 0 Å². The molecule has 0 bridgehead atoms. The maximum atomic E-state index is 10.9. The van der Waals surface area contributed by atoms with Gasteiger partial charge in [-0.25, -0.2) is 0 Å². The van der Waals surface area contributed by atoms with Crippen molar-refractivity contribution in [2.75, 3.05) is 0 Å². The van der Waals surface area contributed by atoms with E-state index in [2.05, 4.69) is 55.4 Å². The summed E-state index contributed by atoms with van der Waals surface area (Å²) in [6, 6.07) is 0. The van der Waals surface area contributed by atoms with Gasteiger partial charge in [0.15, 0.2) is 0 Å². The van der Waals surface area contributed by atoms with E-state index in [0.29, 0.717) is 27.6 Å². The molecule has 5 saturated carbocycles. The highest BCUT2D eigenvalue weighted by Crippen LogP contribution is 2.77. The summed E-state index contributed by atoms with van der Waals surface area (Å²) in [6.45, 7) is 20.7. The number of hydrogen-bond donors (Lipinski definition) is 1. The molecule has 5 aliphatic carbocycles. The van der Waals surface area contributed by atoms with Crippen LogP contribution >= 0.6 is 0 Å². The van der Waals surface area contributed by atoms with Gasteiger partial charge in [-0.05, 0) is 127 Å². The standard InChI is InChI=1S/C30H52O/c1-19(2)20-11-14-27(5)17-18-29(7)21(25(20)27)9-10-23-28(6)15-13-24(31)26(3,4)22(28)12-16-30(23,29)8/h19-25,31H,9-18H2,1-8H3/t20-,21+,22-,23+,24-,25+,27+,28-,29+,30+/m0/s1. The Labute approximate surface area is 193 Å². The van der Waals surface area contributed by atoms with Crippen LogP contribution in [0.4, 0.5) is 0 Å². The fraction of sp³-hybridized carbons (Fsp3) is 1.00. The molecule has 0 amide bonds. The second-order valence-electron chi connectivity index (χ2n) is 15.2. The third-order valence-corrected chi connectivity index (χ3v) is 13.7. The summed E-state index contributed by atoms with van der Waals surface area (Å²) in [6.07, 6.45) is 13.7. The number of fused-ring (bicyclic) bond motifs is 7. The van der Waals surface area contributed by atoms with Crippen LogP contribution < -0.4 is 0 Å². The zero-order chi connectivity index (χ0) is 22.6. The van der Waals surface area contributed by atoms with Crippen molar-refractivity contribution in [2.45, 2.75) is 126 Å². The Kier molecular flexibility index (Phi) is 4.96. The molecule has 5 rings (SSSR count). The minimum Gasteiger partial charge on any atom is -0.393 e. The first-order valence-corrected chi connectivity index (χ1v) is 14.0. The molecule has 1 heteroatoms. The van der Waals surface area contributed by atoms with Crippen LogP contribution in [0.2, 0.25) is 0 Å². The molecule has 0 saturated heterocycles. The molecule has 31 heavy (non-hydrogen) atoms. The van der Waals surface area contributed by atoms with E-state index in [9.17, 15) is 5.11 Å². The van der Waals surface area contributed by atoms with E-state index in [-0.39, 0.29) is 11.5 Å². The van der Waals surface area contributed by atoms with Gasteiger partial charge in [0.1, 0.15) is 0 Å². The molecule has 0 aromatic carbocycles. The summed E-state index contributed by atoms with van der Waals surface area (Å²) in [4.78, 5) is 0. The number of aliphatic hydroxyl groups is 1. The molecule has 0 heterocycles. The average molecular weight is 429 g/mol. The SMILES string of the molecule is CC(C)[C@@H]1CC[C@]2(C)CC[C@]3(C)[C@H](CC[C@@H]4[C@@]5(C)CC[C@H](O)C(C)(C)[C@@H]5CC[C@]43C)[C@@H]12. The molecule has 0 radical (unpaired) electrons. The van der Waals surface area contributed by atoms with Gasteiger partial charge >= 0.3 is 0 Å². The van der Waals surface area contributed by atoms with Gasteiger partial charge in [-0.1, -0.05) is 55.4 Å². The monoisotopic (exact) mass is 428 g/mol. The van der Waals surface area contributed by atoms with Gasteiger partial charge in [0.2, 0.25) is 0 Å². The maximum absolute atomic E-state index is 10.9. The molecule has 5 fully saturated rings. The Hall–Kier alpha value is -0.0400. The average Bonchev–Trinajstić information content (AvgIpc) is 3.04. The highest BCUT2D eigenvalue weighted by atomic mass is 16.3.